The van der Waals surface area contributed by atoms with Crippen LogP contribution in [-0.2, 0) is 16.0 Å². The smallest absolute Gasteiger partial charge is 0.326 e. The molecule has 1 aromatic carbocycles. The second-order valence-electron chi connectivity index (χ2n) is 5.37. The van der Waals surface area contributed by atoms with Crippen LogP contribution in [0, 0.1) is 17.6 Å². The van der Waals surface area contributed by atoms with Crippen LogP contribution in [0.4, 0.5) is 8.78 Å². The summed E-state index contributed by atoms with van der Waals surface area (Å²) in [5.41, 5.74) is 0.110. The van der Waals surface area contributed by atoms with Crippen LogP contribution in [0.3, 0.4) is 0 Å². The molecule has 0 bridgehead atoms. The van der Waals surface area contributed by atoms with Gasteiger partial charge in [-0.15, -0.1) is 0 Å². The third-order valence-electron chi connectivity index (χ3n) is 3.53. The summed E-state index contributed by atoms with van der Waals surface area (Å²) in [5.74, 6) is -2.30. The van der Waals surface area contributed by atoms with E-state index in [1.54, 1.807) is 0 Å². The molecule has 0 aliphatic heterocycles. The molecular formula is C15H17F2NO3. The van der Waals surface area contributed by atoms with Crippen LogP contribution in [0.5, 0.6) is 0 Å². The van der Waals surface area contributed by atoms with Crippen LogP contribution in [0.2, 0.25) is 0 Å². The van der Waals surface area contributed by atoms with E-state index in [4.69, 9.17) is 5.11 Å². The van der Waals surface area contributed by atoms with Crippen molar-refractivity contribution in [3.05, 3.63) is 35.4 Å². The highest BCUT2D eigenvalue weighted by Gasteiger charge is 2.30. The van der Waals surface area contributed by atoms with Crippen molar-refractivity contribution in [3.63, 3.8) is 0 Å². The first kappa shape index (κ1) is 15.4. The Bertz CT molecular complexity index is 544. The van der Waals surface area contributed by atoms with Crippen LogP contribution in [0.25, 0.3) is 0 Å². The fourth-order valence-corrected chi connectivity index (χ4v) is 2.16. The van der Waals surface area contributed by atoms with Gasteiger partial charge in [0.25, 0.3) is 0 Å². The number of aryl methyl sites for hydroxylation is 1. The third-order valence-corrected chi connectivity index (χ3v) is 3.53. The largest absolute Gasteiger partial charge is 0.480 e. The lowest BCUT2D eigenvalue weighted by atomic mass is 10.1. The lowest BCUT2D eigenvalue weighted by molar-refractivity contribution is -0.142. The van der Waals surface area contributed by atoms with Gasteiger partial charge >= 0.3 is 5.97 Å². The van der Waals surface area contributed by atoms with Gasteiger partial charge in [-0.1, -0.05) is 12.8 Å². The normalized spacial score (nSPS) is 15.5. The van der Waals surface area contributed by atoms with Crippen LogP contribution in [-0.4, -0.2) is 23.0 Å². The van der Waals surface area contributed by atoms with Crippen molar-refractivity contribution in [2.24, 2.45) is 5.92 Å². The van der Waals surface area contributed by atoms with Crippen molar-refractivity contribution in [3.8, 4) is 0 Å². The Morgan fingerprint density at radius 3 is 2.67 bits per heavy atom. The van der Waals surface area contributed by atoms with Gasteiger partial charge in [0.05, 0.1) is 0 Å². The lowest BCUT2D eigenvalue weighted by Crippen LogP contribution is -2.41. The number of amides is 1. The summed E-state index contributed by atoms with van der Waals surface area (Å²) in [6.07, 6.45) is 2.37. The summed E-state index contributed by atoms with van der Waals surface area (Å²) in [4.78, 5) is 22.8. The Balaban J connectivity index is 1.85. The molecule has 1 atom stereocenters. The Hall–Kier alpha value is -1.98. The van der Waals surface area contributed by atoms with E-state index in [0.29, 0.717) is 12.3 Å². The lowest BCUT2D eigenvalue weighted by Gasteiger charge is -2.14. The molecule has 4 nitrogen and oxygen atoms in total. The van der Waals surface area contributed by atoms with Gasteiger partial charge in [-0.2, -0.15) is 0 Å². The summed E-state index contributed by atoms with van der Waals surface area (Å²) in [5, 5.41) is 11.5. The molecule has 1 saturated carbocycles. The molecule has 1 aliphatic rings. The Morgan fingerprint density at radius 2 is 2.05 bits per heavy atom. The second kappa shape index (κ2) is 6.65. The molecular weight excluding hydrogens is 280 g/mol. The van der Waals surface area contributed by atoms with Crippen LogP contribution in [0.1, 0.15) is 31.2 Å². The van der Waals surface area contributed by atoms with Gasteiger partial charge in [-0.3, -0.25) is 4.79 Å². The van der Waals surface area contributed by atoms with Crippen LogP contribution < -0.4 is 5.32 Å². The molecule has 1 amide bonds. The molecule has 1 unspecified atom stereocenters. The van der Waals surface area contributed by atoms with E-state index in [1.807, 2.05) is 0 Å². The summed E-state index contributed by atoms with van der Waals surface area (Å²) < 4.78 is 26.4. The summed E-state index contributed by atoms with van der Waals surface area (Å²) >= 11 is 0. The van der Waals surface area contributed by atoms with Gasteiger partial charge in [-0.25, -0.2) is 13.6 Å². The van der Waals surface area contributed by atoms with E-state index in [9.17, 15) is 18.4 Å². The van der Waals surface area contributed by atoms with E-state index in [0.717, 1.165) is 31.0 Å². The molecule has 1 fully saturated rings. The number of hydrogen-bond acceptors (Lipinski definition) is 2. The third kappa shape index (κ3) is 4.81. The highest BCUT2D eigenvalue weighted by Crippen LogP contribution is 2.33. The van der Waals surface area contributed by atoms with Crippen molar-refractivity contribution < 1.29 is 23.5 Å². The monoisotopic (exact) mass is 297 g/mol. The molecule has 6 heteroatoms. The minimum atomic E-state index is -1.06. The Kier molecular flexibility index (Phi) is 4.88. The topological polar surface area (TPSA) is 66.4 Å². The van der Waals surface area contributed by atoms with Crippen LogP contribution in [0.15, 0.2) is 18.2 Å². The van der Waals surface area contributed by atoms with Gasteiger partial charge in [0, 0.05) is 6.42 Å². The van der Waals surface area contributed by atoms with E-state index in [2.05, 4.69) is 5.32 Å². The quantitative estimate of drug-likeness (QED) is 0.811. The minimum absolute atomic E-state index is 0.0329. The average Bonchev–Trinajstić information content (AvgIpc) is 3.23. The van der Waals surface area contributed by atoms with Gasteiger partial charge in [-0.05, 0) is 42.5 Å². The van der Waals surface area contributed by atoms with Crippen molar-refractivity contribution in [2.75, 3.05) is 0 Å². The highest BCUT2D eigenvalue weighted by molar-refractivity contribution is 5.83. The zero-order valence-electron chi connectivity index (χ0n) is 11.4. The number of carboxylic acid groups (broad SMARTS) is 1. The van der Waals surface area contributed by atoms with Gasteiger partial charge in [0.15, 0.2) is 0 Å². The molecule has 0 aromatic heterocycles. The molecule has 0 spiro atoms. The molecule has 2 rings (SSSR count). The molecule has 21 heavy (non-hydrogen) atoms. The highest BCUT2D eigenvalue weighted by atomic mass is 19.1. The molecule has 114 valence electrons. The maximum absolute atomic E-state index is 13.4. The predicted molar refractivity (Wildman–Crippen MR) is 71.6 cm³/mol. The van der Waals surface area contributed by atoms with E-state index < -0.39 is 29.6 Å². The molecule has 1 aromatic rings. The first-order chi connectivity index (χ1) is 9.95. The fraction of sp³-hybridized carbons (Fsp3) is 0.467. The van der Waals surface area contributed by atoms with Gasteiger partial charge in [0.2, 0.25) is 5.91 Å². The second-order valence-corrected chi connectivity index (χ2v) is 5.37. The number of halogens is 2. The van der Waals surface area contributed by atoms with Crippen molar-refractivity contribution in [2.45, 2.75) is 38.1 Å². The maximum Gasteiger partial charge on any atom is 0.326 e. The number of carbonyl (C=O) groups excluding carboxylic acids is 1. The zero-order chi connectivity index (χ0) is 15.4. The molecule has 0 radical (unpaired) electrons. The van der Waals surface area contributed by atoms with Gasteiger partial charge in [0.1, 0.15) is 17.7 Å². The molecule has 0 saturated heterocycles. The molecule has 2 N–H and O–H groups in total. The first-order valence-corrected chi connectivity index (χ1v) is 6.92. The predicted octanol–water partition coefficient (Wildman–Crippen LogP) is 2.27. The summed E-state index contributed by atoms with van der Waals surface area (Å²) in [7, 11) is 0. The number of nitrogens with one attached hydrogen (secondary N) is 1. The number of rotatable bonds is 7. The van der Waals surface area contributed by atoms with Gasteiger partial charge < -0.3 is 10.4 Å². The SMILES string of the molecule is O=C(CCc1cc(F)ccc1F)NC(CC1CC1)C(=O)O. The first-order valence-electron chi connectivity index (χ1n) is 6.92. The summed E-state index contributed by atoms with van der Waals surface area (Å²) in [6, 6.07) is 2.16. The number of carbonyl (C=O) groups is 2. The van der Waals surface area contributed by atoms with E-state index in [1.165, 1.54) is 0 Å². The van der Waals surface area contributed by atoms with Crippen molar-refractivity contribution in [1.82, 2.24) is 5.32 Å². The van der Waals surface area contributed by atoms with Crippen molar-refractivity contribution >= 4 is 11.9 Å². The average molecular weight is 297 g/mol. The standard InChI is InChI=1S/C15H17F2NO3/c16-11-4-5-12(17)10(8-11)3-6-14(19)18-13(15(20)21)7-9-1-2-9/h4-5,8-9,13H,1-3,6-7H2,(H,18,19)(H,20,21). The minimum Gasteiger partial charge on any atom is -0.480 e. The number of aliphatic carboxylic acids is 1. The zero-order valence-corrected chi connectivity index (χ0v) is 11.4. The number of benzene rings is 1. The Morgan fingerprint density at radius 1 is 1.33 bits per heavy atom. The molecule has 1 aliphatic carbocycles. The van der Waals surface area contributed by atoms with E-state index in [-0.39, 0.29) is 18.4 Å². The maximum atomic E-state index is 13.4. The molecule has 0 heterocycles. The van der Waals surface area contributed by atoms with Crippen molar-refractivity contribution in [1.29, 1.82) is 0 Å². The van der Waals surface area contributed by atoms with E-state index >= 15 is 0 Å². The Labute approximate surface area is 121 Å². The fourth-order valence-electron chi connectivity index (χ4n) is 2.16. The number of hydrogen-bond donors (Lipinski definition) is 2. The summed E-state index contributed by atoms with van der Waals surface area (Å²) in [6.45, 7) is 0. The van der Waals surface area contributed by atoms with Crippen LogP contribution >= 0.6 is 0 Å². The number of carboxylic acids is 1.